The van der Waals surface area contributed by atoms with Gasteiger partial charge in [0.1, 0.15) is 5.69 Å². The first-order chi connectivity index (χ1) is 14.3. The molecular weight excluding hydrogens is 382 g/mol. The van der Waals surface area contributed by atoms with Crippen molar-refractivity contribution in [1.29, 1.82) is 0 Å². The van der Waals surface area contributed by atoms with E-state index in [1.165, 1.54) is 0 Å². The van der Waals surface area contributed by atoms with Crippen LogP contribution >= 0.6 is 0 Å². The molecule has 160 valence electrons. The van der Waals surface area contributed by atoms with Crippen molar-refractivity contribution in [2.24, 2.45) is 5.73 Å². The molecule has 1 aromatic rings. The van der Waals surface area contributed by atoms with Crippen molar-refractivity contribution in [2.75, 3.05) is 26.8 Å². The Bertz CT molecular complexity index is 908. The number of aromatic nitrogens is 1. The van der Waals surface area contributed by atoms with Crippen LogP contribution in [-0.2, 0) is 16.0 Å². The SMILES string of the molecule is C#CC1=C(N2CCC(C)(OC)CC2)c2nc(C(=O)CCC(N)CO)ccc2CC1=O. The van der Waals surface area contributed by atoms with Crippen LogP contribution in [0.1, 0.15) is 54.4 Å². The fraction of sp³-hybridized carbons (Fsp3) is 0.522. The molecule has 1 saturated heterocycles. The van der Waals surface area contributed by atoms with Gasteiger partial charge < -0.3 is 20.5 Å². The molecular formula is C23H29N3O4. The lowest BCUT2D eigenvalue weighted by Crippen LogP contribution is -2.44. The predicted molar refractivity (Wildman–Crippen MR) is 114 cm³/mol. The highest BCUT2D eigenvalue weighted by Gasteiger charge is 2.35. The van der Waals surface area contributed by atoms with Gasteiger partial charge in [0.2, 0.25) is 0 Å². The maximum Gasteiger partial charge on any atom is 0.181 e. The number of carbonyl (C=O) groups is 2. The minimum Gasteiger partial charge on any atom is -0.395 e. The minimum atomic E-state index is -0.434. The molecule has 1 atom stereocenters. The number of nitrogens with two attached hydrogens (primary N) is 1. The van der Waals surface area contributed by atoms with Gasteiger partial charge >= 0.3 is 0 Å². The van der Waals surface area contributed by atoms with Crippen molar-refractivity contribution < 1.29 is 19.4 Å². The number of rotatable bonds is 7. The van der Waals surface area contributed by atoms with Crippen LogP contribution < -0.4 is 5.73 Å². The molecule has 7 heteroatoms. The van der Waals surface area contributed by atoms with Gasteiger partial charge in [-0.05, 0) is 37.8 Å². The molecule has 1 unspecified atom stereocenters. The predicted octanol–water partition coefficient (Wildman–Crippen LogP) is 1.33. The number of fused-ring (bicyclic) bond motifs is 1. The van der Waals surface area contributed by atoms with E-state index in [9.17, 15) is 9.59 Å². The molecule has 2 heterocycles. The number of ketones is 2. The molecule has 0 bridgehead atoms. The van der Waals surface area contributed by atoms with Gasteiger partial charge in [0.25, 0.3) is 0 Å². The number of nitrogens with zero attached hydrogens (tertiary/aromatic N) is 2. The summed E-state index contributed by atoms with van der Waals surface area (Å²) in [5.74, 6) is 2.31. The highest BCUT2D eigenvalue weighted by molar-refractivity contribution is 6.10. The number of pyridine rings is 1. The summed E-state index contributed by atoms with van der Waals surface area (Å²) in [6, 6.07) is 3.00. The van der Waals surface area contributed by atoms with Crippen LogP contribution in [0.4, 0.5) is 0 Å². The Balaban J connectivity index is 1.94. The fourth-order valence-electron chi connectivity index (χ4n) is 3.90. The lowest BCUT2D eigenvalue weighted by molar-refractivity contribution is -0.114. The van der Waals surface area contributed by atoms with Gasteiger partial charge in [-0.3, -0.25) is 9.59 Å². The zero-order valence-electron chi connectivity index (χ0n) is 17.6. The zero-order chi connectivity index (χ0) is 21.9. The maximum absolute atomic E-state index is 12.7. The van der Waals surface area contributed by atoms with E-state index in [2.05, 4.69) is 22.7 Å². The third-order valence-corrected chi connectivity index (χ3v) is 6.11. The molecule has 0 spiro atoms. The van der Waals surface area contributed by atoms with Crippen molar-refractivity contribution in [3.8, 4) is 12.3 Å². The molecule has 1 aliphatic carbocycles. The van der Waals surface area contributed by atoms with E-state index in [4.69, 9.17) is 22.0 Å². The minimum absolute atomic E-state index is 0.102. The Labute approximate surface area is 177 Å². The molecule has 1 aromatic heterocycles. The molecule has 3 N–H and O–H groups in total. The van der Waals surface area contributed by atoms with Gasteiger partial charge in [-0.15, -0.1) is 6.42 Å². The number of likely N-dealkylation sites (tertiary alicyclic amines) is 1. The van der Waals surface area contributed by atoms with Gasteiger partial charge in [-0.1, -0.05) is 12.0 Å². The molecule has 0 saturated carbocycles. The molecule has 0 aromatic carbocycles. The van der Waals surface area contributed by atoms with E-state index in [0.717, 1.165) is 18.4 Å². The molecule has 3 rings (SSSR count). The second kappa shape index (κ2) is 9.09. The number of piperidine rings is 1. The topological polar surface area (TPSA) is 106 Å². The second-order valence-electron chi connectivity index (χ2n) is 8.22. The van der Waals surface area contributed by atoms with E-state index < -0.39 is 6.04 Å². The second-order valence-corrected chi connectivity index (χ2v) is 8.22. The Morgan fingerprint density at radius 2 is 2.13 bits per heavy atom. The summed E-state index contributed by atoms with van der Waals surface area (Å²) in [5.41, 5.74) is 8.18. The van der Waals surface area contributed by atoms with Gasteiger partial charge in [0.15, 0.2) is 11.6 Å². The summed E-state index contributed by atoms with van der Waals surface area (Å²) in [6.07, 6.45) is 8.06. The number of allylic oxidation sites excluding steroid dienone is 1. The zero-order valence-corrected chi connectivity index (χ0v) is 17.6. The maximum atomic E-state index is 12.7. The molecule has 30 heavy (non-hydrogen) atoms. The number of carbonyl (C=O) groups excluding carboxylic acids is 2. The largest absolute Gasteiger partial charge is 0.395 e. The van der Waals surface area contributed by atoms with Gasteiger partial charge in [-0.2, -0.15) is 0 Å². The summed E-state index contributed by atoms with van der Waals surface area (Å²) < 4.78 is 5.63. The molecule has 0 radical (unpaired) electrons. The molecule has 1 fully saturated rings. The number of ether oxygens (including phenoxy) is 1. The molecule has 7 nitrogen and oxygen atoms in total. The van der Waals surface area contributed by atoms with Gasteiger partial charge in [0.05, 0.1) is 29.2 Å². The monoisotopic (exact) mass is 411 g/mol. The van der Waals surface area contributed by atoms with Crippen LogP contribution in [0.5, 0.6) is 0 Å². The van der Waals surface area contributed by atoms with E-state index >= 15 is 0 Å². The highest BCUT2D eigenvalue weighted by Crippen LogP contribution is 2.35. The van der Waals surface area contributed by atoms with Crippen molar-refractivity contribution in [2.45, 2.75) is 50.7 Å². The smallest absolute Gasteiger partial charge is 0.181 e. The van der Waals surface area contributed by atoms with Crippen LogP contribution in [-0.4, -0.2) is 65.0 Å². The van der Waals surface area contributed by atoms with Crippen LogP contribution in [0.3, 0.4) is 0 Å². The summed E-state index contributed by atoms with van der Waals surface area (Å²) in [7, 11) is 1.71. The quantitative estimate of drug-likeness (QED) is 0.515. The lowest BCUT2D eigenvalue weighted by atomic mass is 9.87. The number of hydrogen-bond acceptors (Lipinski definition) is 7. The number of terminal acetylenes is 1. The van der Waals surface area contributed by atoms with E-state index in [1.807, 2.05) is 0 Å². The first-order valence-corrected chi connectivity index (χ1v) is 10.3. The number of methoxy groups -OCH3 is 1. The third kappa shape index (κ3) is 4.46. The van der Waals surface area contributed by atoms with Crippen molar-refractivity contribution in [3.63, 3.8) is 0 Å². The normalized spacial score (nSPS) is 19.3. The third-order valence-electron chi connectivity index (χ3n) is 6.11. The number of Topliss-reactive ketones (excluding diaryl/α,β-unsaturated/α-hetero) is 2. The van der Waals surface area contributed by atoms with Crippen LogP contribution in [0.15, 0.2) is 17.7 Å². The summed E-state index contributed by atoms with van der Waals surface area (Å²) in [6.45, 7) is 3.28. The number of hydrogen-bond donors (Lipinski definition) is 2. The van der Waals surface area contributed by atoms with E-state index in [-0.39, 0.29) is 36.6 Å². The molecule has 0 amide bonds. The Kier molecular flexibility index (Phi) is 6.71. The standard InChI is InChI=1S/C23H29N3O4/c1-4-17-20(29)13-15-5-7-18(19(28)8-6-16(24)14-27)25-21(15)22(17)26-11-9-23(2,30-3)10-12-26/h1,5,7,16,27H,6,8-14,24H2,2-3H3. The van der Waals surface area contributed by atoms with E-state index in [0.29, 0.717) is 42.2 Å². The first-order valence-electron chi connectivity index (χ1n) is 10.3. The Morgan fingerprint density at radius 3 is 2.73 bits per heavy atom. The Hall–Kier alpha value is -2.53. The van der Waals surface area contributed by atoms with Crippen molar-refractivity contribution in [1.82, 2.24) is 9.88 Å². The lowest BCUT2D eigenvalue weighted by Gasteiger charge is -2.41. The summed E-state index contributed by atoms with van der Waals surface area (Å²) in [4.78, 5) is 32.0. The fourth-order valence-corrected chi connectivity index (χ4v) is 3.90. The summed E-state index contributed by atoms with van der Waals surface area (Å²) >= 11 is 0. The van der Waals surface area contributed by atoms with Gasteiger partial charge in [-0.25, -0.2) is 4.98 Å². The van der Waals surface area contributed by atoms with Crippen molar-refractivity contribution >= 4 is 17.3 Å². The van der Waals surface area contributed by atoms with Gasteiger partial charge in [0, 0.05) is 39.1 Å². The summed E-state index contributed by atoms with van der Waals surface area (Å²) in [5, 5.41) is 9.07. The Morgan fingerprint density at radius 1 is 1.43 bits per heavy atom. The molecule has 2 aliphatic rings. The molecule has 1 aliphatic heterocycles. The van der Waals surface area contributed by atoms with Crippen molar-refractivity contribution in [3.05, 3.63) is 34.7 Å². The first kappa shape index (κ1) is 22.2. The van der Waals surface area contributed by atoms with Crippen LogP contribution in [0, 0.1) is 12.3 Å². The average Bonchev–Trinajstić information content (AvgIpc) is 2.76. The average molecular weight is 412 g/mol. The highest BCUT2D eigenvalue weighted by atomic mass is 16.5. The van der Waals surface area contributed by atoms with Crippen LogP contribution in [0.2, 0.25) is 0 Å². The van der Waals surface area contributed by atoms with Crippen LogP contribution in [0.25, 0.3) is 5.70 Å². The number of aliphatic hydroxyl groups excluding tert-OH is 1. The van der Waals surface area contributed by atoms with E-state index in [1.54, 1.807) is 19.2 Å². The number of aliphatic hydroxyl groups is 1.